The summed E-state index contributed by atoms with van der Waals surface area (Å²) in [6, 6.07) is 11.2. The lowest BCUT2D eigenvalue weighted by Gasteiger charge is -2.38. The number of anilines is 2. The highest BCUT2D eigenvalue weighted by atomic mass is 16.2. The van der Waals surface area contributed by atoms with Gasteiger partial charge in [-0.05, 0) is 55.5 Å². The summed E-state index contributed by atoms with van der Waals surface area (Å²) in [4.78, 5) is 30.9. The molecular weight excluding hydrogens is 352 g/mol. The molecule has 6 nitrogen and oxygen atoms in total. The number of carbonyl (C=O) groups excluding carboxylic acids is 2. The maximum Gasteiger partial charge on any atom is 0.324 e. The minimum Gasteiger partial charge on any atom is -0.355 e. The van der Waals surface area contributed by atoms with Gasteiger partial charge in [-0.3, -0.25) is 14.7 Å². The molecule has 1 aromatic heterocycles. The third-order valence-corrected chi connectivity index (χ3v) is 5.34. The van der Waals surface area contributed by atoms with Crippen molar-refractivity contribution in [1.29, 1.82) is 0 Å². The van der Waals surface area contributed by atoms with Crippen LogP contribution in [-0.2, 0) is 11.3 Å². The number of urea groups is 1. The van der Waals surface area contributed by atoms with Crippen LogP contribution in [0.2, 0.25) is 0 Å². The SMILES string of the molecule is O=C1N[C@@H]2CC/C=C\CC[C@@H]2C(=O)N1Cc1ccc(Nc2ccncc2)cc1. The Balaban J connectivity index is 1.43. The summed E-state index contributed by atoms with van der Waals surface area (Å²) in [7, 11) is 0. The first-order valence-electron chi connectivity index (χ1n) is 9.73. The van der Waals surface area contributed by atoms with Gasteiger partial charge in [0.25, 0.3) is 0 Å². The van der Waals surface area contributed by atoms with Crippen LogP contribution < -0.4 is 10.6 Å². The van der Waals surface area contributed by atoms with Crippen molar-refractivity contribution in [1.82, 2.24) is 15.2 Å². The second kappa shape index (κ2) is 8.25. The third-order valence-electron chi connectivity index (χ3n) is 5.34. The van der Waals surface area contributed by atoms with E-state index in [2.05, 4.69) is 27.8 Å². The average Bonchev–Trinajstić information content (AvgIpc) is 2.69. The molecular formula is C22H24N4O2. The Morgan fingerprint density at radius 1 is 0.964 bits per heavy atom. The smallest absolute Gasteiger partial charge is 0.324 e. The third kappa shape index (κ3) is 4.06. The number of hydrogen-bond acceptors (Lipinski definition) is 4. The second-order valence-electron chi connectivity index (χ2n) is 7.27. The van der Waals surface area contributed by atoms with E-state index in [-0.39, 0.29) is 23.9 Å². The lowest BCUT2D eigenvalue weighted by Crippen LogP contribution is -2.59. The quantitative estimate of drug-likeness (QED) is 0.791. The van der Waals surface area contributed by atoms with Crippen LogP contribution in [0.3, 0.4) is 0 Å². The highest BCUT2D eigenvalue weighted by molar-refractivity contribution is 5.98. The van der Waals surface area contributed by atoms with E-state index in [1.54, 1.807) is 12.4 Å². The molecule has 2 atom stereocenters. The molecule has 2 aliphatic rings. The molecule has 1 fully saturated rings. The molecule has 0 saturated carbocycles. The first-order chi connectivity index (χ1) is 13.7. The molecule has 0 radical (unpaired) electrons. The summed E-state index contributed by atoms with van der Waals surface area (Å²) in [5.74, 6) is -0.182. The number of aromatic nitrogens is 1. The van der Waals surface area contributed by atoms with Crippen LogP contribution >= 0.6 is 0 Å². The van der Waals surface area contributed by atoms with Crippen molar-refractivity contribution in [3.8, 4) is 0 Å². The molecule has 0 unspecified atom stereocenters. The molecule has 0 bridgehead atoms. The standard InChI is InChI=1S/C22H24N4O2/c27-21-19-5-3-1-2-4-6-20(19)25-22(28)26(21)15-16-7-9-17(10-8-16)24-18-11-13-23-14-12-18/h1-2,7-14,19-20H,3-6,15H2,(H,23,24)(H,25,28)/b2-1-/t19-,20+/m0/s1. The topological polar surface area (TPSA) is 74.3 Å². The van der Waals surface area contributed by atoms with Gasteiger partial charge in [-0.2, -0.15) is 0 Å². The van der Waals surface area contributed by atoms with Gasteiger partial charge in [-0.25, -0.2) is 4.79 Å². The summed E-state index contributed by atoms with van der Waals surface area (Å²) < 4.78 is 0. The molecule has 1 aliphatic heterocycles. The van der Waals surface area contributed by atoms with Gasteiger partial charge in [-0.15, -0.1) is 0 Å². The molecule has 6 heteroatoms. The van der Waals surface area contributed by atoms with Crippen LogP contribution in [0.5, 0.6) is 0 Å². The number of benzene rings is 1. The normalized spacial score (nSPS) is 23.2. The number of pyridine rings is 1. The number of fused-ring (bicyclic) bond motifs is 1. The minimum absolute atomic E-state index is 0.0480. The van der Waals surface area contributed by atoms with Gasteiger partial charge in [-0.1, -0.05) is 24.3 Å². The van der Waals surface area contributed by atoms with E-state index in [4.69, 9.17) is 0 Å². The number of allylic oxidation sites excluding steroid dienone is 2. The van der Waals surface area contributed by atoms with E-state index >= 15 is 0 Å². The fraction of sp³-hybridized carbons (Fsp3) is 0.318. The number of carbonyl (C=O) groups is 2. The summed E-state index contributed by atoms with van der Waals surface area (Å²) in [5, 5.41) is 6.34. The van der Waals surface area contributed by atoms with Gasteiger partial charge in [0.2, 0.25) is 5.91 Å². The molecule has 28 heavy (non-hydrogen) atoms. The van der Waals surface area contributed by atoms with Crippen LogP contribution in [0.4, 0.5) is 16.2 Å². The van der Waals surface area contributed by atoms with E-state index in [0.717, 1.165) is 42.6 Å². The predicted molar refractivity (Wildman–Crippen MR) is 108 cm³/mol. The van der Waals surface area contributed by atoms with Crippen LogP contribution in [0.25, 0.3) is 0 Å². The van der Waals surface area contributed by atoms with Gasteiger partial charge in [0.05, 0.1) is 12.5 Å². The van der Waals surface area contributed by atoms with E-state index < -0.39 is 0 Å². The number of imide groups is 1. The van der Waals surface area contributed by atoms with Crippen molar-refractivity contribution in [3.63, 3.8) is 0 Å². The Morgan fingerprint density at radius 3 is 2.39 bits per heavy atom. The van der Waals surface area contributed by atoms with E-state index in [9.17, 15) is 9.59 Å². The van der Waals surface area contributed by atoms with Crippen molar-refractivity contribution in [2.75, 3.05) is 5.32 Å². The zero-order chi connectivity index (χ0) is 19.3. The van der Waals surface area contributed by atoms with Crippen molar-refractivity contribution >= 4 is 23.3 Å². The number of nitrogens with zero attached hydrogens (tertiary/aromatic N) is 2. The van der Waals surface area contributed by atoms with Gasteiger partial charge in [0.15, 0.2) is 0 Å². The summed E-state index contributed by atoms with van der Waals surface area (Å²) in [6.45, 7) is 0.291. The van der Waals surface area contributed by atoms with Crippen molar-refractivity contribution in [2.45, 2.75) is 38.3 Å². The Morgan fingerprint density at radius 2 is 1.64 bits per heavy atom. The molecule has 4 rings (SSSR count). The van der Waals surface area contributed by atoms with Gasteiger partial charge in [0.1, 0.15) is 0 Å². The molecule has 1 aromatic carbocycles. The van der Waals surface area contributed by atoms with Gasteiger partial charge in [0, 0.05) is 29.8 Å². The average molecular weight is 376 g/mol. The highest BCUT2D eigenvalue weighted by Gasteiger charge is 2.40. The molecule has 144 valence electrons. The predicted octanol–water partition coefficient (Wildman–Crippen LogP) is 3.99. The van der Waals surface area contributed by atoms with Gasteiger partial charge < -0.3 is 10.6 Å². The summed E-state index contributed by atoms with van der Waals surface area (Å²) >= 11 is 0. The number of nitrogens with one attached hydrogen (secondary N) is 2. The number of hydrogen-bond donors (Lipinski definition) is 2. The Kier molecular flexibility index (Phi) is 5.37. The maximum atomic E-state index is 13.0. The molecule has 2 aromatic rings. The van der Waals surface area contributed by atoms with E-state index in [0.29, 0.717) is 6.54 Å². The Bertz CT molecular complexity index is 864. The lowest BCUT2D eigenvalue weighted by atomic mass is 9.86. The molecule has 0 spiro atoms. The van der Waals surface area contributed by atoms with Gasteiger partial charge >= 0.3 is 6.03 Å². The summed E-state index contributed by atoms with van der Waals surface area (Å²) in [5.41, 5.74) is 2.82. The molecule has 1 saturated heterocycles. The zero-order valence-electron chi connectivity index (χ0n) is 15.7. The number of rotatable bonds is 4. The second-order valence-corrected chi connectivity index (χ2v) is 7.27. The monoisotopic (exact) mass is 376 g/mol. The zero-order valence-corrected chi connectivity index (χ0v) is 15.7. The fourth-order valence-corrected chi connectivity index (χ4v) is 3.82. The van der Waals surface area contributed by atoms with Crippen molar-refractivity contribution < 1.29 is 9.59 Å². The molecule has 1 aliphatic carbocycles. The van der Waals surface area contributed by atoms with E-state index in [1.165, 1.54) is 4.90 Å². The summed E-state index contributed by atoms with van der Waals surface area (Å²) in [6.07, 6.45) is 11.1. The number of amides is 3. The maximum absolute atomic E-state index is 13.0. The Labute approximate surface area is 164 Å². The fourth-order valence-electron chi connectivity index (χ4n) is 3.82. The molecule has 2 N–H and O–H groups in total. The molecule has 3 amide bonds. The van der Waals surface area contributed by atoms with Crippen LogP contribution in [0.1, 0.15) is 31.2 Å². The lowest BCUT2D eigenvalue weighted by molar-refractivity contribution is -0.136. The largest absolute Gasteiger partial charge is 0.355 e. The van der Waals surface area contributed by atoms with Crippen LogP contribution in [0, 0.1) is 5.92 Å². The van der Waals surface area contributed by atoms with Crippen molar-refractivity contribution in [2.24, 2.45) is 5.92 Å². The van der Waals surface area contributed by atoms with E-state index in [1.807, 2.05) is 36.4 Å². The van der Waals surface area contributed by atoms with Crippen molar-refractivity contribution in [3.05, 3.63) is 66.5 Å². The van der Waals surface area contributed by atoms with Crippen LogP contribution in [-0.4, -0.2) is 27.9 Å². The molecule has 2 heterocycles. The highest BCUT2D eigenvalue weighted by Crippen LogP contribution is 2.27. The minimum atomic E-state index is -0.283. The Hall–Kier alpha value is -3.15. The van der Waals surface area contributed by atoms with Crippen LogP contribution in [0.15, 0.2) is 60.9 Å². The first kappa shape index (κ1) is 18.2. The first-order valence-corrected chi connectivity index (χ1v) is 9.73.